The van der Waals surface area contributed by atoms with Crippen LogP contribution in [0.3, 0.4) is 0 Å². The minimum absolute atomic E-state index is 0.393. The average Bonchev–Trinajstić information content (AvgIpc) is 2.02. The van der Waals surface area contributed by atoms with Crippen LogP contribution in [0, 0.1) is 0 Å². The van der Waals surface area contributed by atoms with Crippen molar-refractivity contribution in [2.24, 2.45) is 0 Å². The molecule has 0 radical (unpaired) electrons. The van der Waals surface area contributed by atoms with E-state index in [4.69, 9.17) is 0 Å². The lowest BCUT2D eigenvalue weighted by Gasteiger charge is -2.17. The number of carbonyl (C=O) groups excluding carboxylic acids is 3. The number of amides is 1. The normalized spacial score (nSPS) is 13.9. The van der Waals surface area contributed by atoms with Crippen molar-refractivity contribution in [2.45, 2.75) is 32.9 Å². The first-order chi connectivity index (χ1) is 6.34. The van der Waals surface area contributed by atoms with E-state index >= 15 is 0 Å². The summed E-state index contributed by atoms with van der Waals surface area (Å²) in [6, 6.07) is -0.866. The van der Waals surface area contributed by atoms with Gasteiger partial charge in [-0.15, -0.1) is 0 Å². The Kier molecular flexibility index (Phi) is 4.62. The molecule has 0 rings (SSSR count). The van der Waals surface area contributed by atoms with Gasteiger partial charge in [-0.2, -0.15) is 0 Å². The van der Waals surface area contributed by atoms with Crippen molar-refractivity contribution in [3.05, 3.63) is 0 Å². The van der Waals surface area contributed by atoms with Crippen molar-refractivity contribution in [1.82, 2.24) is 5.32 Å². The van der Waals surface area contributed by atoms with Gasteiger partial charge in [-0.1, -0.05) is 0 Å². The molecule has 0 saturated carbocycles. The van der Waals surface area contributed by atoms with Crippen LogP contribution in [0.2, 0.25) is 0 Å². The van der Waals surface area contributed by atoms with Crippen LogP contribution in [0.15, 0.2) is 0 Å². The molecule has 0 fully saturated rings. The van der Waals surface area contributed by atoms with Crippen LogP contribution in [0.4, 0.5) is 0 Å². The highest BCUT2D eigenvalue weighted by Gasteiger charge is 2.18. The highest BCUT2D eigenvalue weighted by atomic mass is 16.6. The van der Waals surface area contributed by atoms with Gasteiger partial charge < -0.3 is 20.0 Å². The third kappa shape index (κ3) is 4.44. The van der Waals surface area contributed by atoms with E-state index in [0.29, 0.717) is 0 Å². The summed E-state index contributed by atoms with van der Waals surface area (Å²) in [6.07, 6.45) is -1.32. The fourth-order valence-electron chi connectivity index (χ4n) is 0.688. The molecule has 6 heteroatoms. The third-order valence-electron chi connectivity index (χ3n) is 1.40. The van der Waals surface area contributed by atoms with Gasteiger partial charge in [0.1, 0.15) is 12.1 Å². The summed E-state index contributed by atoms with van der Waals surface area (Å²) in [5.41, 5.74) is 0. The maximum Gasteiger partial charge on any atom is 0.328 e. The first-order valence-electron chi connectivity index (χ1n) is 4.03. The van der Waals surface area contributed by atoms with Crippen LogP contribution in [-0.4, -0.2) is 30.0 Å². The van der Waals surface area contributed by atoms with Crippen LogP contribution in [0.5, 0.6) is 0 Å². The Morgan fingerprint density at radius 1 is 1.29 bits per heavy atom. The summed E-state index contributed by atoms with van der Waals surface area (Å²) in [4.78, 5) is 31.8. The molecule has 80 valence electrons. The summed E-state index contributed by atoms with van der Waals surface area (Å²) in [6.45, 7) is 3.81. The zero-order valence-electron chi connectivity index (χ0n) is 8.20. The number of ether oxygens (including phenoxy) is 1. The summed E-state index contributed by atoms with van der Waals surface area (Å²) < 4.78 is 4.46. The number of carboxylic acid groups (broad SMARTS) is 1. The summed E-state index contributed by atoms with van der Waals surface area (Å²) in [5, 5.41) is 12.5. The third-order valence-corrected chi connectivity index (χ3v) is 1.40. The van der Waals surface area contributed by atoms with Gasteiger partial charge in [0.25, 0.3) is 0 Å². The van der Waals surface area contributed by atoms with E-state index in [1.807, 2.05) is 0 Å². The molecule has 2 atom stereocenters. The molecule has 0 aromatic rings. The van der Waals surface area contributed by atoms with Gasteiger partial charge in [0.05, 0.1) is 5.97 Å². The van der Waals surface area contributed by atoms with Crippen LogP contribution in [0.1, 0.15) is 20.8 Å². The molecular weight excluding hydrogens is 190 g/mol. The van der Waals surface area contributed by atoms with Crippen molar-refractivity contribution in [2.75, 3.05) is 0 Å². The zero-order valence-corrected chi connectivity index (χ0v) is 8.20. The summed E-state index contributed by atoms with van der Waals surface area (Å²) in [7, 11) is 0. The Labute approximate surface area is 81.2 Å². The Morgan fingerprint density at radius 3 is 2.14 bits per heavy atom. The largest absolute Gasteiger partial charge is 0.546 e. The number of hydrogen-bond donors (Lipinski definition) is 1. The van der Waals surface area contributed by atoms with E-state index in [-0.39, 0.29) is 0 Å². The smallest absolute Gasteiger partial charge is 0.328 e. The van der Waals surface area contributed by atoms with Crippen LogP contribution < -0.4 is 10.4 Å². The molecule has 0 aliphatic rings. The molecular formula is C8H12NO5-. The fraction of sp³-hybridized carbons (Fsp3) is 0.625. The standard InChI is InChI=1S/C8H13NO5/c1-4(9-6(3)10)8(13)14-5(2)7(11)12/h4-5H,1-3H3,(H,9,10)(H,11,12)/p-1/t4-,5-/m1/s1. The Balaban J connectivity index is 4.07. The second-order valence-corrected chi connectivity index (χ2v) is 2.82. The van der Waals surface area contributed by atoms with Gasteiger partial charge in [0, 0.05) is 6.92 Å². The fourth-order valence-corrected chi connectivity index (χ4v) is 0.688. The Hall–Kier alpha value is -1.59. The minimum Gasteiger partial charge on any atom is -0.546 e. The van der Waals surface area contributed by atoms with Gasteiger partial charge in [0.2, 0.25) is 5.91 Å². The van der Waals surface area contributed by atoms with Gasteiger partial charge in [-0.3, -0.25) is 4.79 Å². The van der Waals surface area contributed by atoms with E-state index in [2.05, 4.69) is 10.1 Å². The van der Waals surface area contributed by atoms with Gasteiger partial charge in [-0.05, 0) is 13.8 Å². The van der Waals surface area contributed by atoms with Crippen LogP contribution >= 0.6 is 0 Å². The van der Waals surface area contributed by atoms with Crippen molar-refractivity contribution >= 4 is 17.8 Å². The molecule has 0 aromatic carbocycles. The quantitative estimate of drug-likeness (QED) is 0.542. The number of carbonyl (C=O) groups is 3. The molecule has 1 N–H and O–H groups in total. The number of carboxylic acids is 1. The van der Waals surface area contributed by atoms with Gasteiger partial charge >= 0.3 is 5.97 Å². The van der Waals surface area contributed by atoms with Crippen molar-refractivity contribution in [1.29, 1.82) is 0 Å². The number of hydrogen-bond acceptors (Lipinski definition) is 5. The van der Waals surface area contributed by atoms with E-state index in [1.54, 1.807) is 0 Å². The molecule has 0 unspecified atom stereocenters. The second kappa shape index (κ2) is 5.21. The van der Waals surface area contributed by atoms with E-state index in [9.17, 15) is 19.5 Å². The SMILES string of the molecule is CC(=O)N[C@H](C)C(=O)O[C@H](C)C(=O)[O-]. The van der Waals surface area contributed by atoms with E-state index in [1.165, 1.54) is 20.8 Å². The second-order valence-electron chi connectivity index (χ2n) is 2.82. The molecule has 0 aromatic heterocycles. The minimum atomic E-state index is -1.48. The molecule has 0 bridgehead atoms. The molecule has 14 heavy (non-hydrogen) atoms. The maximum atomic E-state index is 11.1. The number of aliphatic carboxylic acids is 1. The zero-order chi connectivity index (χ0) is 11.3. The van der Waals surface area contributed by atoms with E-state index in [0.717, 1.165) is 0 Å². The average molecular weight is 202 g/mol. The summed E-state index contributed by atoms with van der Waals surface area (Å²) >= 11 is 0. The topological polar surface area (TPSA) is 95.5 Å². The first kappa shape index (κ1) is 12.4. The molecule has 0 heterocycles. The molecule has 0 saturated heterocycles. The van der Waals surface area contributed by atoms with Gasteiger partial charge in [0.15, 0.2) is 0 Å². The monoisotopic (exact) mass is 202 g/mol. The molecule has 1 amide bonds. The van der Waals surface area contributed by atoms with Crippen LogP contribution in [0.25, 0.3) is 0 Å². The number of esters is 1. The molecule has 0 aliphatic carbocycles. The Morgan fingerprint density at radius 2 is 1.79 bits per heavy atom. The predicted octanol–water partition coefficient (Wildman–Crippen LogP) is -1.81. The molecule has 0 aliphatic heterocycles. The Bertz CT molecular complexity index is 250. The first-order valence-corrected chi connectivity index (χ1v) is 4.03. The van der Waals surface area contributed by atoms with E-state index < -0.39 is 30.0 Å². The highest BCUT2D eigenvalue weighted by Crippen LogP contribution is 1.94. The highest BCUT2D eigenvalue weighted by molar-refractivity contribution is 5.84. The maximum absolute atomic E-state index is 11.1. The predicted molar refractivity (Wildman–Crippen MR) is 43.8 cm³/mol. The van der Waals surface area contributed by atoms with Crippen molar-refractivity contribution in [3.63, 3.8) is 0 Å². The van der Waals surface area contributed by atoms with Crippen molar-refractivity contribution < 1.29 is 24.2 Å². The lowest BCUT2D eigenvalue weighted by molar-refractivity contribution is -0.314. The molecule has 6 nitrogen and oxygen atoms in total. The number of rotatable bonds is 4. The lowest BCUT2D eigenvalue weighted by Crippen LogP contribution is -2.43. The lowest BCUT2D eigenvalue weighted by atomic mass is 10.3. The number of nitrogens with one attached hydrogen (secondary N) is 1. The van der Waals surface area contributed by atoms with Crippen molar-refractivity contribution in [3.8, 4) is 0 Å². The molecule has 0 spiro atoms. The van der Waals surface area contributed by atoms with Crippen LogP contribution in [-0.2, 0) is 19.1 Å². The summed E-state index contributed by atoms with van der Waals surface area (Å²) in [5.74, 6) is -2.68. The van der Waals surface area contributed by atoms with Gasteiger partial charge in [-0.25, -0.2) is 4.79 Å².